The van der Waals surface area contributed by atoms with Crippen LogP contribution in [0.4, 0.5) is 22.0 Å². The molecule has 1 heterocycles. The molecular weight excluding hydrogens is 285 g/mol. The van der Waals surface area contributed by atoms with E-state index in [1.54, 1.807) is 0 Å². The molecule has 84 valence electrons. The lowest BCUT2D eigenvalue weighted by Gasteiger charge is -2.12. The van der Waals surface area contributed by atoms with E-state index in [2.05, 4.69) is 20.9 Å². The minimum Gasteiger partial charge on any atom is -0.245 e. The number of aryl methyl sites for hydroxylation is 1. The lowest BCUT2D eigenvalue weighted by atomic mass is 10.1. The van der Waals surface area contributed by atoms with Crippen LogP contribution in [0.15, 0.2) is 10.7 Å². The summed E-state index contributed by atoms with van der Waals surface area (Å²) in [6.45, 7) is 1.23. The number of rotatable bonds is 1. The summed E-state index contributed by atoms with van der Waals surface area (Å²) in [4.78, 5) is 3.38. The SMILES string of the molecule is Cc1nc(Br)c(C(F)(F)F)cc1C(F)F. The van der Waals surface area contributed by atoms with Crippen molar-refractivity contribution in [2.24, 2.45) is 0 Å². The van der Waals surface area contributed by atoms with Gasteiger partial charge < -0.3 is 0 Å². The van der Waals surface area contributed by atoms with Crippen LogP contribution in [0.1, 0.15) is 23.2 Å². The fraction of sp³-hybridized carbons (Fsp3) is 0.375. The number of pyridine rings is 1. The number of nitrogens with zero attached hydrogens (tertiary/aromatic N) is 1. The van der Waals surface area contributed by atoms with Crippen LogP contribution < -0.4 is 0 Å². The van der Waals surface area contributed by atoms with Gasteiger partial charge in [0.2, 0.25) is 0 Å². The van der Waals surface area contributed by atoms with Crippen LogP contribution in [0.5, 0.6) is 0 Å². The maximum Gasteiger partial charge on any atom is 0.419 e. The molecule has 0 radical (unpaired) electrons. The Bertz CT molecular complexity index is 374. The molecule has 0 N–H and O–H groups in total. The van der Waals surface area contributed by atoms with Gasteiger partial charge in [0, 0.05) is 11.3 Å². The molecule has 0 saturated carbocycles. The first-order valence-corrected chi connectivity index (χ1v) is 4.55. The van der Waals surface area contributed by atoms with Gasteiger partial charge in [-0.15, -0.1) is 0 Å². The average molecular weight is 290 g/mol. The molecule has 0 amide bonds. The topological polar surface area (TPSA) is 12.9 Å². The Morgan fingerprint density at radius 2 is 1.87 bits per heavy atom. The molecule has 0 unspecified atom stereocenters. The summed E-state index contributed by atoms with van der Waals surface area (Å²) in [5.41, 5.74) is -2.01. The van der Waals surface area contributed by atoms with Gasteiger partial charge in [-0.2, -0.15) is 13.2 Å². The van der Waals surface area contributed by atoms with E-state index in [-0.39, 0.29) is 5.69 Å². The number of hydrogen-bond donors (Lipinski definition) is 0. The van der Waals surface area contributed by atoms with Crippen molar-refractivity contribution in [3.05, 3.63) is 27.5 Å². The van der Waals surface area contributed by atoms with Crippen LogP contribution in [0.25, 0.3) is 0 Å². The molecule has 0 aliphatic carbocycles. The van der Waals surface area contributed by atoms with Gasteiger partial charge >= 0.3 is 6.18 Å². The molecule has 1 rings (SSSR count). The van der Waals surface area contributed by atoms with E-state index >= 15 is 0 Å². The van der Waals surface area contributed by atoms with Crippen molar-refractivity contribution in [3.8, 4) is 0 Å². The first-order chi connectivity index (χ1) is 6.73. The Balaban J connectivity index is 3.37. The molecule has 1 aromatic rings. The molecule has 0 atom stereocenters. The van der Waals surface area contributed by atoms with Gasteiger partial charge in [0.25, 0.3) is 6.43 Å². The molecule has 0 aliphatic rings. The second-order valence-corrected chi connectivity index (χ2v) is 3.55. The predicted octanol–water partition coefficient (Wildman–Crippen LogP) is 4.11. The van der Waals surface area contributed by atoms with Crippen molar-refractivity contribution in [1.82, 2.24) is 4.98 Å². The van der Waals surface area contributed by atoms with Crippen LogP contribution in [-0.2, 0) is 6.18 Å². The normalized spacial score (nSPS) is 12.3. The summed E-state index contributed by atoms with van der Waals surface area (Å²) in [6, 6.07) is 0.414. The molecular formula is C8H5BrF5N. The molecule has 0 aromatic carbocycles. The van der Waals surface area contributed by atoms with E-state index < -0.39 is 28.3 Å². The summed E-state index contributed by atoms with van der Waals surface area (Å²) in [5.74, 6) is 0. The van der Waals surface area contributed by atoms with Crippen LogP contribution in [-0.4, -0.2) is 4.98 Å². The Hall–Kier alpha value is -0.720. The monoisotopic (exact) mass is 289 g/mol. The molecule has 0 bridgehead atoms. The highest BCUT2D eigenvalue weighted by molar-refractivity contribution is 9.10. The van der Waals surface area contributed by atoms with E-state index in [9.17, 15) is 22.0 Å². The average Bonchev–Trinajstić information content (AvgIpc) is 2.00. The van der Waals surface area contributed by atoms with Crippen molar-refractivity contribution < 1.29 is 22.0 Å². The fourth-order valence-electron chi connectivity index (χ4n) is 1.01. The third kappa shape index (κ3) is 2.64. The first-order valence-electron chi connectivity index (χ1n) is 3.76. The molecule has 1 aromatic heterocycles. The lowest BCUT2D eigenvalue weighted by molar-refractivity contribution is -0.138. The van der Waals surface area contributed by atoms with Crippen molar-refractivity contribution >= 4 is 15.9 Å². The highest BCUT2D eigenvalue weighted by atomic mass is 79.9. The smallest absolute Gasteiger partial charge is 0.245 e. The highest BCUT2D eigenvalue weighted by Gasteiger charge is 2.35. The first kappa shape index (κ1) is 12.4. The second kappa shape index (κ2) is 4.03. The quantitative estimate of drug-likeness (QED) is 0.560. The molecule has 0 aliphatic heterocycles. The molecule has 0 saturated heterocycles. The zero-order chi connectivity index (χ0) is 11.8. The minimum absolute atomic E-state index is 0.120. The van der Waals surface area contributed by atoms with Crippen molar-refractivity contribution in [1.29, 1.82) is 0 Å². The van der Waals surface area contributed by atoms with E-state index in [4.69, 9.17) is 0 Å². The van der Waals surface area contributed by atoms with Crippen LogP contribution in [0.3, 0.4) is 0 Å². The minimum atomic E-state index is -4.69. The lowest BCUT2D eigenvalue weighted by Crippen LogP contribution is -2.09. The maximum atomic E-state index is 12.3. The van der Waals surface area contributed by atoms with Gasteiger partial charge in [0.1, 0.15) is 4.60 Å². The van der Waals surface area contributed by atoms with E-state index in [1.165, 1.54) is 6.92 Å². The van der Waals surface area contributed by atoms with E-state index in [1.807, 2.05) is 0 Å². The Labute approximate surface area is 90.4 Å². The summed E-state index contributed by atoms with van der Waals surface area (Å²) in [6.07, 6.45) is -7.66. The standard InChI is InChI=1S/C8H5BrF5N/c1-3-4(7(10)11)2-5(6(9)15-3)8(12,13)14/h2,7H,1H3. The summed E-state index contributed by atoms with van der Waals surface area (Å²) < 4.78 is 61.1. The number of hydrogen-bond acceptors (Lipinski definition) is 1. The van der Waals surface area contributed by atoms with E-state index in [0.29, 0.717) is 6.07 Å². The van der Waals surface area contributed by atoms with Crippen LogP contribution in [0, 0.1) is 6.92 Å². The van der Waals surface area contributed by atoms with Crippen molar-refractivity contribution in [3.63, 3.8) is 0 Å². The molecule has 1 nitrogen and oxygen atoms in total. The zero-order valence-electron chi connectivity index (χ0n) is 7.37. The number of alkyl halides is 5. The summed E-state index contributed by atoms with van der Waals surface area (Å²) in [5, 5.41) is 0. The van der Waals surface area contributed by atoms with Gasteiger partial charge in [0.15, 0.2) is 0 Å². The Morgan fingerprint density at radius 1 is 1.33 bits per heavy atom. The van der Waals surface area contributed by atoms with E-state index in [0.717, 1.165) is 0 Å². The second-order valence-electron chi connectivity index (χ2n) is 2.80. The maximum absolute atomic E-state index is 12.3. The van der Waals surface area contributed by atoms with Gasteiger partial charge in [-0.3, -0.25) is 0 Å². The molecule has 0 fully saturated rings. The van der Waals surface area contributed by atoms with Crippen molar-refractivity contribution in [2.75, 3.05) is 0 Å². The van der Waals surface area contributed by atoms with Gasteiger partial charge in [-0.25, -0.2) is 13.8 Å². The number of aromatic nitrogens is 1. The summed E-state index contributed by atoms with van der Waals surface area (Å²) in [7, 11) is 0. The molecule has 0 spiro atoms. The van der Waals surface area contributed by atoms with Gasteiger partial charge in [-0.05, 0) is 28.9 Å². The Morgan fingerprint density at radius 3 is 2.27 bits per heavy atom. The molecule has 15 heavy (non-hydrogen) atoms. The largest absolute Gasteiger partial charge is 0.419 e. The third-order valence-corrected chi connectivity index (χ3v) is 2.35. The third-order valence-electron chi connectivity index (χ3n) is 1.75. The fourth-order valence-corrected chi connectivity index (χ4v) is 1.62. The van der Waals surface area contributed by atoms with Gasteiger partial charge in [0.05, 0.1) is 5.56 Å². The molecule has 7 heteroatoms. The van der Waals surface area contributed by atoms with Crippen LogP contribution in [0.2, 0.25) is 0 Å². The zero-order valence-corrected chi connectivity index (χ0v) is 8.96. The van der Waals surface area contributed by atoms with Gasteiger partial charge in [-0.1, -0.05) is 0 Å². The predicted molar refractivity (Wildman–Crippen MR) is 46.6 cm³/mol. The Kier molecular flexibility index (Phi) is 3.32. The highest BCUT2D eigenvalue weighted by Crippen LogP contribution is 2.36. The van der Waals surface area contributed by atoms with Crippen molar-refractivity contribution in [2.45, 2.75) is 19.5 Å². The number of halogens is 6. The summed E-state index contributed by atoms with van der Waals surface area (Å²) >= 11 is 2.59. The van der Waals surface area contributed by atoms with Crippen LogP contribution >= 0.6 is 15.9 Å².